The van der Waals surface area contributed by atoms with Crippen molar-refractivity contribution in [3.05, 3.63) is 5.21 Å². The Hall–Kier alpha value is -0.610. The van der Waals surface area contributed by atoms with Crippen LogP contribution in [0.25, 0.3) is 0 Å². The van der Waals surface area contributed by atoms with Crippen LogP contribution in [0.2, 0.25) is 0 Å². The third-order valence-electron chi connectivity index (χ3n) is 4.96. The highest BCUT2D eigenvalue weighted by molar-refractivity contribution is 5.75. The van der Waals surface area contributed by atoms with Crippen LogP contribution in [0.15, 0.2) is 0 Å². The summed E-state index contributed by atoms with van der Waals surface area (Å²) in [6.45, 7) is 4.18. The van der Waals surface area contributed by atoms with Gasteiger partial charge in [0.05, 0.1) is 0 Å². The molecule has 0 saturated carbocycles. The Morgan fingerprint density at radius 3 is 1.52 bits per heavy atom. The third-order valence-corrected chi connectivity index (χ3v) is 4.96. The summed E-state index contributed by atoms with van der Waals surface area (Å²) in [4.78, 5) is 11.6. The molecule has 0 spiro atoms. The first-order valence-electron chi connectivity index (χ1n) is 11.0. The molecule has 0 aliphatic rings. The summed E-state index contributed by atoms with van der Waals surface area (Å²) in [5.74, 6) is 0.0219. The van der Waals surface area contributed by atoms with Gasteiger partial charge in [-0.15, -0.1) is 0 Å². The Bertz CT molecular complexity index is 281. The highest BCUT2D eigenvalue weighted by Gasteiger charge is 2.08. The maximum atomic E-state index is 11.6. The van der Waals surface area contributed by atoms with Crippen molar-refractivity contribution < 1.29 is 10.3 Å². The van der Waals surface area contributed by atoms with E-state index >= 15 is 0 Å². The number of nitrogens with one attached hydrogen (secondary N) is 1. The molecule has 0 radical (unpaired) electrons. The fourth-order valence-corrected chi connectivity index (χ4v) is 3.17. The van der Waals surface area contributed by atoms with Crippen molar-refractivity contribution in [3.8, 4) is 0 Å². The molecule has 0 aromatic heterocycles. The first-order valence-corrected chi connectivity index (χ1v) is 11.0. The van der Waals surface area contributed by atoms with Crippen LogP contribution in [0.1, 0.15) is 123 Å². The zero-order chi connectivity index (χ0) is 18.6. The molecule has 4 nitrogen and oxygen atoms in total. The molecule has 0 aromatic carbocycles. The van der Waals surface area contributed by atoms with E-state index in [0.717, 1.165) is 18.3 Å². The van der Waals surface area contributed by atoms with Gasteiger partial charge in [-0.05, 0) is 6.42 Å². The molecule has 1 unspecified atom stereocenters. The Morgan fingerprint density at radius 2 is 1.16 bits per heavy atom. The summed E-state index contributed by atoms with van der Waals surface area (Å²) < 4.78 is 0. The number of quaternary nitrogens is 1. The minimum atomic E-state index is -0.302. The molecule has 0 heterocycles. The van der Waals surface area contributed by atoms with Crippen LogP contribution in [0.3, 0.4) is 0 Å². The molecule has 150 valence electrons. The fraction of sp³-hybridized carbons (Fsp3) is 0.952. The summed E-state index contributed by atoms with van der Waals surface area (Å²) in [7, 11) is 0. The van der Waals surface area contributed by atoms with Gasteiger partial charge >= 0.3 is 0 Å². The molecule has 0 aromatic rings. The number of unbranched alkanes of at least 4 members (excludes halogenated alkanes) is 14. The van der Waals surface area contributed by atoms with E-state index in [1.165, 1.54) is 83.5 Å². The van der Waals surface area contributed by atoms with E-state index in [1.807, 2.05) is 6.92 Å². The summed E-state index contributed by atoms with van der Waals surface area (Å²) in [6, 6.07) is 0. The molecule has 1 amide bonds. The molecular formula is C21H44N2O2. The lowest BCUT2D eigenvalue weighted by molar-refractivity contribution is -0.631. The number of hydrogen-bond acceptors (Lipinski definition) is 2. The van der Waals surface area contributed by atoms with E-state index < -0.39 is 0 Å². The lowest BCUT2D eigenvalue weighted by atomic mass is 10.0. The highest BCUT2D eigenvalue weighted by atomic mass is 16.5. The maximum Gasteiger partial charge on any atom is 0.224 e. The van der Waals surface area contributed by atoms with E-state index in [2.05, 4.69) is 12.2 Å². The van der Waals surface area contributed by atoms with Crippen molar-refractivity contribution in [2.24, 2.45) is 0 Å². The first kappa shape index (κ1) is 24.4. The number of nitrogens with two attached hydrogens (primary N) is 1. The number of rotatable bonds is 19. The number of carbonyl (C=O) groups is 1. The van der Waals surface area contributed by atoms with Crippen LogP contribution < -0.4 is 10.8 Å². The van der Waals surface area contributed by atoms with Crippen molar-refractivity contribution in [3.63, 3.8) is 0 Å². The van der Waals surface area contributed by atoms with E-state index in [9.17, 15) is 10.0 Å². The van der Waals surface area contributed by atoms with Crippen molar-refractivity contribution in [1.82, 2.24) is 5.32 Å². The van der Waals surface area contributed by atoms with Crippen LogP contribution in [-0.4, -0.2) is 12.1 Å². The summed E-state index contributed by atoms with van der Waals surface area (Å²) >= 11 is 0. The van der Waals surface area contributed by atoms with Gasteiger partial charge in [-0.25, -0.2) is 0 Å². The van der Waals surface area contributed by atoms with Gasteiger partial charge < -0.3 is 16.0 Å². The SMILES string of the molecule is CCCCCCCCCCCCCCCCCC(=O)NC(CC)[NH2+][O-]. The molecule has 0 fully saturated rings. The molecule has 0 rings (SSSR count). The van der Waals surface area contributed by atoms with Crippen molar-refractivity contribution >= 4 is 5.91 Å². The summed E-state index contributed by atoms with van der Waals surface area (Å²) in [5.41, 5.74) is 0.824. The number of carbonyl (C=O) groups excluding carboxylic acids is 1. The zero-order valence-electron chi connectivity index (χ0n) is 17.0. The Labute approximate surface area is 156 Å². The average Bonchev–Trinajstić information content (AvgIpc) is 2.62. The van der Waals surface area contributed by atoms with Gasteiger partial charge in [-0.1, -0.05) is 104 Å². The molecule has 4 heteroatoms. The standard InChI is InChI=1S/C21H44N2O2/c1-3-5-6-7-8-9-10-11-12-13-14-15-16-17-18-19-21(24)22-20(4-2)23-25/h20H,3-19,23H2,1-2H3,(H,22,24). The summed E-state index contributed by atoms with van der Waals surface area (Å²) in [6.07, 6.45) is 20.9. The van der Waals surface area contributed by atoms with Crippen LogP contribution >= 0.6 is 0 Å². The predicted octanol–water partition coefficient (Wildman–Crippen LogP) is 5.16. The third kappa shape index (κ3) is 18.0. The van der Waals surface area contributed by atoms with Gasteiger partial charge in [0.2, 0.25) is 5.91 Å². The molecule has 0 aliphatic heterocycles. The van der Waals surface area contributed by atoms with Crippen molar-refractivity contribution in [2.75, 3.05) is 0 Å². The highest BCUT2D eigenvalue weighted by Crippen LogP contribution is 2.13. The molecule has 1 atom stereocenters. The number of hydroxylamine groups is 1. The largest absolute Gasteiger partial charge is 0.634 e. The van der Waals surface area contributed by atoms with Gasteiger partial charge in [-0.2, -0.15) is 0 Å². The Balaban J connectivity index is 3.17. The van der Waals surface area contributed by atoms with Gasteiger partial charge in [-0.3, -0.25) is 4.79 Å². The predicted molar refractivity (Wildman–Crippen MR) is 107 cm³/mol. The molecule has 3 N–H and O–H groups in total. The van der Waals surface area contributed by atoms with Crippen LogP contribution in [0.4, 0.5) is 0 Å². The van der Waals surface area contributed by atoms with Gasteiger partial charge in [0.25, 0.3) is 0 Å². The second kappa shape index (κ2) is 19.7. The van der Waals surface area contributed by atoms with Crippen LogP contribution in [-0.2, 0) is 4.79 Å². The van der Waals surface area contributed by atoms with Crippen LogP contribution in [0, 0.1) is 5.21 Å². The monoisotopic (exact) mass is 356 g/mol. The topological polar surface area (TPSA) is 68.8 Å². The van der Waals surface area contributed by atoms with E-state index in [1.54, 1.807) is 0 Å². The average molecular weight is 357 g/mol. The molecule has 0 bridgehead atoms. The van der Waals surface area contributed by atoms with Crippen molar-refractivity contribution in [2.45, 2.75) is 129 Å². The van der Waals surface area contributed by atoms with Crippen molar-refractivity contribution in [1.29, 1.82) is 0 Å². The summed E-state index contributed by atoms with van der Waals surface area (Å²) in [5, 5.41) is 13.4. The quantitative estimate of drug-likeness (QED) is 0.191. The van der Waals surface area contributed by atoms with E-state index in [4.69, 9.17) is 0 Å². The Kier molecular flexibility index (Phi) is 19.2. The zero-order valence-corrected chi connectivity index (χ0v) is 17.0. The Morgan fingerprint density at radius 1 is 0.760 bits per heavy atom. The smallest absolute Gasteiger partial charge is 0.224 e. The second-order valence-corrected chi connectivity index (χ2v) is 7.42. The first-order chi connectivity index (χ1) is 12.2. The lowest BCUT2D eigenvalue weighted by Crippen LogP contribution is -2.88. The molecule has 0 saturated heterocycles. The fourth-order valence-electron chi connectivity index (χ4n) is 3.17. The maximum absolute atomic E-state index is 11.6. The van der Waals surface area contributed by atoms with E-state index in [-0.39, 0.29) is 12.1 Å². The molecular weight excluding hydrogens is 312 g/mol. The second-order valence-electron chi connectivity index (χ2n) is 7.42. The van der Waals surface area contributed by atoms with E-state index in [0.29, 0.717) is 12.8 Å². The minimum Gasteiger partial charge on any atom is -0.634 e. The molecule has 25 heavy (non-hydrogen) atoms. The normalized spacial score (nSPS) is 12.3. The van der Waals surface area contributed by atoms with Gasteiger partial charge in [0.15, 0.2) is 6.17 Å². The number of amides is 1. The van der Waals surface area contributed by atoms with Crippen LogP contribution in [0.5, 0.6) is 0 Å². The van der Waals surface area contributed by atoms with Gasteiger partial charge in [0, 0.05) is 12.8 Å². The number of hydrogen-bond donors (Lipinski definition) is 2. The minimum absolute atomic E-state index is 0.0219. The van der Waals surface area contributed by atoms with Gasteiger partial charge in [0.1, 0.15) is 0 Å². The lowest BCUT2D eigenvalue weighted by Gasteiger charge is -2.16. The molecule has 0 aliphatic carbocycles.